The molecule has 1 nitrogen and oxygen atoms in total. The van der Waals surface area contributed by atoms with Crippen molar-refractivity contribution in [1.82, 2.24) is 5.32 Å². The van der Waals surface area contributed by atoms with Gasteiger partial charge in [-0.2, -0.15) is 11.3 Å². The Bertz CT molecular complexity index is 351. The van der Waals surface area contributed by atoms with Crippen LogP contribution in [0.4, 0.5) is 0 Å². The third-order valence-corrected chi connectivity index (χ3v) is 3.97. The van der Waals surface area contributed by atoms with Gasteiger partial charge in [-0.05, 0) is 47.3 Å². The van der Waals surface area contributed by atoms with Gasteiger partial charge in [-0.1, -0.05) is 6.07 Å². The molecule has 0 spiro atoms. The molecule has 0 radical (unpaired) electrons. The van der Waals surface area contributed by atoms with Crippen LogP contribution < -0.4 is 5.32 Å². The summed E-state index contributed by atoms with van der Waals surface area (Å²) in [6.45, 7) is 0. The van der Waals surface area contributed by atoms with Gasteiger partial charge < -0.3 is 5.32 Å². The Kier molecular flexibility index (Phi) is 3.35. The molecule has 1 atom stereocenters. The maximum Gasteiger partial charge on any atom is 0.0453 e. The molecule has 0 aliphatic rings. The van der Waals surface area contributed by atoms with E-state index in [1.54, 1.807) is 11.3 Å². The summed E-state index contributed by atoms with van der Waals surface area (Å²) >= 11 is 3.58. The predicted molar refractivity (Wildman–Crippen MR) is 64.1 cm³/mol. The fourth-order valence-corrected chi connectivity index (χ4v) is 3.00. The van der Waals surface area contributed by atoms with Gasteiger partial charge in [0.1, 0.15) is 0 Å². The van der Waals surface area contributed by atoms with Crippen molar-refractivity contribution in [2.75, 3.05) is 7.05 Å². The summed E-state index contributed by atoms with van der Waals surface area (Å²) in [7, 11) is 2.02. The average molecular weight is 223 g/mol. The van der Waals surface area contributed by atoms with E-state index in [-0.39, 0.29) is 0 Å². The lowest BCUT2D eigenvalue weighted by atomic mass is 10.1. The Balaban J connectivity index is 2.08. The third kappa shape index (κ3) is 2.23. The van der Waals surface area contributed by atoms with E-state index in [1.807, 2.05) is 18.4 Å². The molecule has 0 saturated heterocycles. The molecule has 2 aromatic rings. The van der Waals surface area contributed by atoms with Gasteiger partial charge in [0.05, 0.1) is 0 Å². The molecule has 1 unspecified atom stereocenters. The molecular formula is C11H13NS2. The first-order valence-corrected chi connectivity index (χ1v) is 6.44. The van der Waals surface area contributed by atoms with Crippen molar-refractivity contribution in [3.05, 3.63) is 44.8 Å². The lowest BCUT2D eigenvalue weighted by Gasteiger charge is -2.13. The van der Waals surface area contributed by atoms with Crippen molar-refractivity contribution in [1.29, 1.82) is 0 Å². The highest BCUT2D eigenvalue weighted by molar-refractivity contribution is 7.10. The third-order valence-electron chi connectivity index (χ3n) is 2.26. The standard InChI is InChI=1S/C11H13NS2/c1-12-10(11-3-2-5-14-11)7-9-4-6-13-8-9/h2-6,8,10,12H,7H2,1H3. The van der Waals surface area contributed by atoms with E-state index >= 15 is 0 Å². The molecule has 0 bridgehead atoms. The van der Waals surface area contributed by atoms with Gasteiger partial charge in [0.15, 0.2) is 0 Å². The van der Waals surface area contributed by atoms with Crippen LogP contribution >= 0.6 is 22.7 Å². The highest BCUT2D eigenvalue weighted by Gasteiger charge is 2.10. The van der Waals surface area contributed by atoms with Gasteiger partial charge >= 0.3 is 0 Å². The Morgan fingerprint density at radius 3 is 2.86 bits per heavy atom. The second kappa shape index (κ2) is 4.73. The van der Waals surface area contributed by atoms with Crippen LogP contribution in [-0.2, 0) is 6.42 Å². The van der Waals surface area contributed by atoms with Crippen LogP contribution in [0.1, 0.15) is 16.5 Å². The van der Waals surface area contributed by atoms with Crippen LogP contribution in [0.25, 0.3) is 0 Å². The molecule has 0 aliphatic carbocycles. The molecule has 0 aromatic carbocycles. The zero-order valence-corrected chi connectivity index (χ0v) is 9.70. The van der Waals surface area contributed by atoms with E-state index in [9.17, 15) is 0 Å². The number of rotatable bonds is 4. The van der Waals surface area contributed by atoms with Gasteiger partial charge in [-0.3, -0.25) is 0 Å². The molecule has 74 valence electrons. The summed E-state index contributed by atoms with van der Waals surface area (Å²) in [4.78, 5) is 1.42. The van der Waals surface area contributed by atoms with Crippen LogP contribution in [0, 0.1) is 0 Å². The van der Waals surface area contributed by atoms with Gasteiger partial charge in [0.25, 0.3) is 0 Å². The zero-order chi connectivity index (χ0) is 9.80. The highest BCUT2D eigenvalue weighted by Crippen LogP contribution is 2.23. The van der Waals surface area contributed by atoms with Crippen LogP contribution in [0.5, 0.6) is 0 Å². The van der Waals surface area contributed by atoms with Crippen molar-refractivity contribution in [2.24, 2.45) is 0 Å². The van der Waals surface area contributed by atoms with E-state index in [4.69, 9.17) is 0 Å². The smallest absolute Gasteiger partial charge is 0.0453 e. The van der Waals surface area contributed by atoms with Crippen molar-refractivity contribution in [3.63, 3.8) is 0 Å². The van der Waals surface area contributed by atoms with Gasteiger partial charge in [-0.15, -0.1) is 11.3 Å². The molecule has 14 heavy (non-hydrogen) atoms. The number of likely N-dealkylation sites (N-methyl/N-ethyl adjacent to an activating group) is 1. The first-order valence-electron chi connectivity index (χ1n) is 4.62. The summed E-state index contributed by atoms with van der Waals surface area (Å²) in [6, 6.07) is 6.96. The second-order valence-corrected chi connectivity index (χ2v) is 4.95. The van der Waals surface area contributed by atoms with Gasteiger partial charge in [0, 0.05) is 10.9 Å². The average Bonchev–Trinajstić information content (AvgIpc) is 2.86. The Morgan fingerprint density at radius 1 is 1.36 bits per heavy atom. The fraction of sp³-hybridized carbons (Fsp3) is 0.273. The van der Waals surface area contributed by atoms with Gasteiger partial charge in [0.2, 0.25) is 0 Å². The molecular weight excluding hydrogens is 210 g/mol. The lowest BCUT2D eigenvalue weighted by molar-refractivity contribution is 0.603. The predicted octanol–water partition coefficient (Wildman–Crippen LogP) is 3.31. The summed E-state index contributed by atoms with van der Waals surface area (Å²) in [5.41, 5.74) is 1.42. The molecule has 2 heterocycles. The number of hydrogen-bond acceptors (Lipinski definition) is 3. The SMILES string of the molecule is CNC(Cc1ccsc1)c1cccs1. The largest absolute Gasteiger partial charge is 0.312 e. The van der Waals surface area contributed by atoms with Crippen LogP contribution in [0.3, 0.4) is 0 Å². The zero-order valence-electron chi connectivity index (χ0n) is 8.07. The normalized spacial score (nSPS) is 12.9. The van der Waals surface area contributed by atoms with Crippen molar-refractivity contribution in [2.45, 2.75) is 12.5 Å². The van der Waals surface area contributed by atoms with E-state index in [0.29, 0.717) is 6.04 Å². The van der Waals surface area contributed by atoms with Crippen LogP contribution in [0.15, 0.2) is 34.3 Å². The minimum atomic E-state index is 0.463. The molecule has 2 rings (SSSR count). The summed E-state index contributed by atoms with van der Waals surface area (Å²) in [5, 5.41) is 9.85. The number of nitrogens with one attached hydrogen (secondary N) is 1. The Hall–Kier alpha value is -0.640. The lowest BCUT2D eigenvalue weighted by Crippen LogP contribution is -2.17. The monoisotopic (exact) mass is 223 g/mol. The van der Waals surface area contributed by atoms with Crippen LogP contribution in [-0.4, -0.2) is 7.05 Å². The maximum atomic E-state index is 3.36. The van der Waals surface area contributed by atoms with E-state index < -0.39 is 0 Å². The highest BCUT2D eigenvalue weighted by atomic mass is 32.1. The topological polar surface area (TPSA) is 12.0 Å². The molecule has 0 amide bonds. The number of hydrogen-bond donors (Lipinski definition) is 1. The van der Waals surface area contributed by atoms with Crippen LogP contribution in [0.2, 0.25) is 0 Å². The molecule has 1 N–H and O–H groups in total. The van der Waals surface area contributed by atoms with E-state index in [2.05, 4.69) is 39.7 Å². The fourth-order valence-electron chi connectivity index (χ4n) is 1.48. The van der Waals surface area contributed by atoms with E-state index in [0.717, 1.165) is 6.42 Å². The summed E-state index contributed by atoms with van der Waals surface area (Å²) in [6.07, 6.45) is 1.08. The summed E-state index contributed by atoms with van der Waals surface area (Å²) in [5.74, 6) is 0. The first-order chi connectivity index (χ1) is 6.90. The molecule has 0 saturated carbocycles. The summed E-state index contributed by atoms with van der Waals surface area (Å²) < 4.78 is 0. The molecule has 0 aliphatic heterocycles. The van der Waals surface area contributed by atoms with E-state index in [1.165, 1.54) is 10.4 Å². The minimum Gasteiger partial charge on any atom is -0.312 e. The molecule has 0 fully saturated rings. The molecule has 2 aromatic heterocycles. The quantitative estimate of drug-likeness (QED) is 0.838. The van der Waals surface area contributed by atoms with Crippen molar-refractivity contribution in [3.8, 4) is 0 Å². The molecule has 3 heteroatoms. The van der Waals surface area contributed by atoms with Crippen molar-refractivity contribution >= 4 is 22.7 Å². The minimum absolute atomic E-state index is 0.463. The second-order valence-electron chi connectivity index (χ2n) is 3.19. The Morgan fingerprint density at radius 2 is 2.29 bits per heavy atom. The van der Waals surface area contributed by atoms with Crippen molar-refractivity contribution < 1.29 is 0 Å². The van der Waals surface area contributed by atoms with Gasteiger partial charge in [-0.25, -0.2) is 0 Å². The maximum absolute atomic E-state index is 3.36. The Labute approximate surface area is 92.4 Å². The first kappa shape index (κ1) is 9.90. The number of thiophene rings is 2.